The Hall–Kier alpha value is -3.28. The number of H-pyrrole nitrogens is 1. The van der Waals surface area contributed by atoms with Crippen molar-refractivity contribution in [2.24, 2.45) is 5.92 Å². The van der Waals surface area contributed by atoms with Crippen molar-refractivity contribution in [1.29, 1.82) is 0 Å². The van der Waals surface area contributed by atoms with Gasteiger partial charge in [0.2, 0.25) is 0 Å². The molecule has 0 unspecified atom stereocenters. The Morgan fingerprint density at radius 2 is 1.93 bits per heavy atom. The Morgan fingerprint density at radius 1 is 1.15 bits per heavy atom. The predicted molar refractivity (Wildman–Crippen MR) is 103 cm³/mol. The van der Waals surface area contributed by atoms with E-state index in [1.807, 2.05) is 24.3 Å². The summed E-state index contributed by atoms with van der Waals surface area (Å²) in [4.78, 5) is 27.1. The zero-order valence-corrected chi connectivity index (χ0v) is 15.3. The van der Waals surface area contributed by atoms with Crippen LogP contribution in [0.1, 0.15) is 29.8 Å². The molecule has 6 nitrogen and oxygen atoms in total. The first kappa shape index (κ1) is 18.5. The second kappa shape index (κ2) is 8.40. The summed E-state index contributed by atoms with van der Waals surface area (Å²) in [7, 11) is 0. The van der Waals surface area contributed by atoms with Crippen molar-refractivity contribution in [3.05, 3.63) is 76.3 Å². The summed E-state index contributed by atoms with van der Waals surface area (Å²) in [5, 5.41) is 2.76. The number of hydrogen-bond acceptors (Lipinski definition) is 4. The highest BCUT2D eigenvalue weighted by atomic mass is 16.5. The lowest BCUT2D eigenvalue weighted by atomic mass is 10.2. The van der Waals surface area contributed by atoms with E-state index < -0.39 is 11.5 Å². The zero-order valence-electron chi connectivity index (χ0n) is 15.3. The first-order chi connectivity index (χ1) is 13.0. The fraction of sp³-hybridized carbons (Fsp3) is 0.238. The van der Waals surface area contributed by atoms with Crippen molar-refractivity contribution in [2.45, 2.75) is 20.4 Å². The topological polar surface area (TPSA) is 84.3 Å². The van der Waals surface area contributed by atoms with Gasteiger partial charge in [-0.2, -0.15) is 0 Å². The molecule has 2 heterocycles. The van der Waals surface area contributed by atoms with E-state index in [0.717, 1.165) is 11.3 Å². The predicted octanol–water partition coefficient (Wildman–Crippen LogP) is 3.60. The maximum absolute atomic E-state index is 12.3. The SMILES string of the molecule is CC(C)COc1ccc(CNC(=O)c2ccc(-c3ccco3)[nH]c2=O)cc1. The minimum Gasteiger partial charge on any atom is -0.493 e. The molecule has 0 saturated heterocycles. The lowest BCUT2D eigenvalue weighted by Gasteiger charge is -2.10. The number of benzene rings is 1. The van der Waals surface area contributed by atoms with Crippen LogP contribution in [-0.4, -0.2) is 17.5 Å². The van der Waals surface area contributed by atoms with Gasteiger partial charge in [0.15, 0.2) is 0 Å². The van der Waals surface area contributed by atoms with Gasteiger partial charge in [-0.15, -0.1) is 0 Å². The van der Waals surface area contributed by atoms with Gasteiger partial charge in [0.05, 0.1) is 18.6 Å². The second-order valence-electron chi connectivity index (χ2n) is 6.62. The van der Waals surface area contributed by atoms with Gasteiger partial charge in [0.25, 0.3) is 11.5 Å². The maximum atomic E-state index is 12.3. The molecule has 1 amide bonds. The molecule has 0 saturated carbocycles. The van der Waals surface area contributed by atoms with Crippen LogP contribution in [0.15, 0.2) is 64.0 Å². The number of nitrogens with one attached hydrogen (secondary N) is 2. The summed E-state index contributed by atoms with van der Waals surface area (Å²) >= 11 is 0. The lowest BCUT2D eigenvalue weighted by molar-refractivity contribution is 0.0949. The summed E-state index contributed by atoms with van der Waals surface area (Å²) in [5.41, 5.74) is 1.04. The highest BCUT2D eigenvalue weighted by molar-refractivity contribution is 5.93. The van der Waals surface area contributed by atoms with Crippen LogP contribution in [0.3, 0.4) is 0 Å². The molecule has 0 radical (unpaired) electrons. The molecule has 6 heteroatoms. The molecule has 2 N–H and O–H groups in total. The Labute approximate surface area is 157 Å². The van der Waals surface area contributed by atoms with Gasteiger partial charge in [-0.1, -0.05) is 26.0 Å². The van der Waals surface area contributed by atoms with E-state index in [4.69, 9.17) is 9.15 Å². The third-order valence-corrected chi connectivity index (χ3v) is 3.90. The molecule has 0 spiro atoms. The molecule has 140 valence electrons. The summed E-state index contributed by atoms with van der Waals surface area (Å²) in [6.07, 6.45) is 1.52. The van der Waals surface area contributed by atoms with Crippen LogP contribution in [-0.2, 0) is 6.54 Å². The minimum atomic E-state index is -0.459. The number of ether oxygens (including phenoxy) is 1. The van der Waals surface area contributed by atoms with Crippen LogP contribution in [0.2, 0.25) is 0 Å². The fourth-order valence-electron chi connectivity index (χ4n) is 2.47. The monoisotopic (exact) mass is 366 g/mol. The largest absolute Gasteiger partial charge is 0.493 e. The molecule has 0 bridgehead atoms. The van der Waals surface area contributed by atoms with Gasteiger partial charge in [0, 0.05) is 6.54 Å². The van der Waals surface area contributed by atoms with Crippen LogP contribution in [0.25, 0.3) is 11.5 Å². The Bertz CT molecular complexity index is 941. The number of aromatic nitrogens is 1. The second-order valence-corrected chi connectivity index (χ2v) is 6.62. The number of amides is 1. The molecule has 0 atom stereocenters. The van der Waals surface area contributed by atoms with Gasteiger partial charge in [-0.05, 0) is 47.9 Å². The minimum absolute atomic E-state index is 0.0576. The normalized spacial score (nSPS) is 10.8. The number of furan rings is 1. The maximum Gasteiger partial charge on any atom is 0.261 e. The van der Waals surface area contributed by atoms with E-state index in [-0.39, 0.29) is 5.56 Å². The quantitative estimate of drug-likeness (QED) is 0.669. The van der Waals surface area contributed by atoms with E-state index in [1.54, 1.807) is 18.2 Å². The number of carbonyl (C=O) groups excluding carboxylic acids is 1. The molecule has 2 aromatic heterocycles. The number of hydrogen-bond donors (Lipinski definition) is 2. The fourth-order valence-corrected chi connectivity index (χ4v) is 2.47. The summed E-state index contributed by atoms with van der Waals surface area (Å²) in [5.74, 6) is 1.37. The summed E-state index contributed by atoms with van der Waals surface area (Å²) in [6, 6.07) is 14.1. The van der Waals surface area contributed by atoms with Crippen LogP contribution < -0.4 is 15.6 Å². The standard InChI is InChI=1S/C21H22N2O4/c1-14(2)13-27-16-7-5-15(6-8-16)12-22-20(24)17-9-10-18(23-21(17)25)19-4-3-11-26-19/h3-11,14H,12-13H2,1-2H3,(H,22,24)(H,23,25). The van der Waals surface area contributed by atoms with Crippen molar-refractivity contribution < 1.29 is 13.9 Å². The third-order valence-electron chi connectivity index (χ3n) is 3.90. The Morgan fingerprint density at radius 3 is 2.56 bits per heavy atom. The molecule has 27 heavy (non-hydrogen) atoms. The van der Waals surface area contributed by atoms with Crippen LogP contribution in [0.5, 0.6) is 5.75 Å². The lowest BCUT2D eigenvalue weighted by Crippen LogP contribution is -2.29. The first-order valence-electron chi connectivity index (χ1n) is 8.80. The third kappa shape index (κ3) is 4.88. The molecule has 1 aromatic carbocycles. The molecule has 3 rings (SSSR count). The number of pyridine rings is 1. The summed E-state index contributed by atoms with van der Waals surface area (Å²) in [6.45, 7) is 5.16. The molecular formula is C21H22N2O4. The number of carbonyl (C=O) groups is 1. The summed E-state index contributed by atoms with van der Waals surface area (Å²) < 4.78 is 10.9. The average molecular weight is 366 g/mol. The van der Waals surface area contributed by atoms with Crippen LogP contribution >= 0.6 is 0 Å². The van der Waals surface area contributed by atoms with Crippen molar-refractivity contribution >= 4 is 5.91 Å². The molecule has 3 aromatic rings. The number of aromatic amines is 1. The van der Waals surface area contributed by atoms with Gasteiger partial charge in [0.1, 0.15) is 17.1 Å². The van der Waals surface area contributed by atoms with Gasteiger partial charge < -0.3 is 19.5 Å². The van der Waals surface area contributed by atoms with E-state index in [9.17, 15) is 9.59 Å². The Kier molecular flexibility index (Phi) is 5.76. The molecule has 0 aliphatic heterocycles. The Balaban J connectivity index is 1.60. The first-order valence-corrected chi connectivity index (χ1v) is 8.80. The van der Waals surface area contributed by atoms with E-state index in [2.05, 4.69) is 24.1 Å². The van der Waals surface area contributed by atoms with Gasteiger partial charge in [-0.3, -0.25) is 9.59 Å². The van der Waals surface area contributed by atoms with Crippen LogP contribution in [0, 0.1) is 5.92 Å². The molecular weight excluding hydrogens is 344 g/mol. The van der Waals surface area contributed by atoms with Crippen molar-refractivity contribution in [2.75, 3.05) is 6.61 Å². The van der Waals surface area contributed by atoms with Gasteiger partial charge >= 0.3 is 0 Å². The van der Waals surface area contributed by atoms with E-state index >= 15 is 0 Å². The molecule has 0 aliphatic rings. The smallest absolute Gasteiger partial charge is 0.261 e. The van der Waals surface area contributed by atoms with Gasteiger partial charge in [-0.25, -0.2) is 0 Å². The van der Waals surface area contributed by atoms with Crippen LogP contribution in [0.4, 0.5) is 0 Å². The van der Waals surface area contributed by atoms with Crippen molar-refractivity contribution in [1.82, 2.24) is 10.3 Å². The van der Waals surface area contributed by atoms with Crippen molar-refractivity contribution in [3.63, 3.8) is 0 Å². The molecule has 0 aliphatic carbocycles. The highest BCUT2D eigenvalue weighted by Gasteiger charge is 2.12. The van der Waals surface area contributed by atoms with E-state index in [0.29, 0.717) is 30.5 Å². The van der Waals surface area contributed by atoms with Crippen molar-refractivity contribution in [3.8, 4) is 17.2 Å². The number of rotatable bonds is 7. The average Bonchev–Trinajstić information content (AvgIpc) is 3.20. The highest BCUT2D eigenvalue weighted by Crippen LogP contribution is 2.16. The molecule has 0 fully saturated rings. The zero-order chi connectivity index (χ0) is 19.2. The van der Waals surface area contributed by atoms with E-state index in [1.165, 1.54) is 12.3 Å².